The summed E-state index contributed by atoms with van der Waals surface area (Å²) in [4.78, 5) is 10.4. The van der Waals surface area contributed by atoms with Gasteiger partial charge >= 0.3 is 18.2 Å². The van der Waals surface area contributed by atoms with Crippen molar-refractivity contribution in [2.24, 2.45) is 0 Å². The van der Waals surface area contributed by atoms with Crippen LogP contribution in [0, 0.1) is 0 Å². The fourth-order valence-electron chi connectivity index (χ4n) is 1.18. The first kappa shape index (κ1) is 12.5. The molecule has 0 heterocycles. The van der Waals surface area contributed by atoms with Crippen LogP contribution >= 0.6 is 0 Å². The van der Waals surface area contributed by atoms with Gasteiger partial charge in [0.1, 0.15) is 0 Å². The maximum atomic E-state index is 13.2. The normalized spacial score (nSPS) is 13.2. The fourth-order valence-corrected chi connectivity index (χ4v) is 1.18. The zero-order chi connectivity index (χ0) is 12.2. The number of rotatable bonds is 4. The van der Waals surface area contributed by atoms with E-state index in [1.54, 1.807) is 18.2 Å². The number of ether oxygens (including phenoxy) is 1. The van der Waals surface area contributed by atoms with Gasteiger partial charge in [-0.05, 0) is 5.56 Å². The topological polar surface area (TPSA) is 26.3 Å². The second-order valence-corrected chi connectivity index (χ2v) is 3.35. The molecule has 0 radical (unpaired) electrons. The van der Waals surface area contributed by atoms with E-state index in [1.165, 1.54) is 12.1 Å². The second-order valence-electron chi connectivity index (χ2n) is 3.35. The summed E-state index contributed by atoms with van der Waals surface area (Å²) >= 11 is 0. The van der Waals surface area contributed by atoms with Crippen molar-refractivity contribution in [1.82, 2.24) is 0 Å². The zero-order valence-electron chi connectivity index (χ0n) is 8.62. The van der Waals surface area contributed by atoms with Gasteiger partial charge in [-0.3, -0.25) is 4.79 Å². The number of halogens is 3. The van der Waals surface area contributed by atoms with Crippen molar-refractivity contribution in [3.63, 3.8) is 0 Å². The van der Waals surface area contributed by atoms with Gasteiger partial charge in [0.05, 0.1) is 0 Å². The van der Waals surface area contributed by atoms with Gasteiger partial charge in [-0.1, -0.05) is 30.3 Å². The first-order valence-corrected chi connectivity index (χ1v) is 4.65. The largest absolute Gasteiger partial charge is 0.425 e. The first-order valence-electron chi connectivity index (χ1n) is 4.65. The average Bonchev–Trinajstić information content (AvgIpc) is 2.17. The highest BCUT2D eigenvalue weighted by molar-refractivity contribution is 5.66. The summed E-state index contributed by atoms with van der Waals surface area (Å²) in [6, 6.07) is 7.72. The van der Waals surface area contributed by atoms with Crippen LogP contribution < -0.4 is 0 Å². The summed E-state index contributed by atoms with van der Waals surface area (Å²) in [5, 5.41) is 0. The quantitative estimate of drug-likeness (QED) is 0.746. The fraction of sp³-hybridized carbons (Fsp3) is 0.364. The lowest BCUT2D eigenvalue weighted by Gasteiger charge is -2.20. The number of carbonyl (C=O) groups is 1. The molecule has 1 aromatic rings. The number of hydrogen-bond donors (Lipinski definition) is 0. The molecule has 0 amide bonds. The molecule has 16 heavy (non-hydrogen) atoms. The van der Waals surface area contributed by atoms with Crippen LogP contribution in [0.2, 0.25) is 0 Å². The number of benzene rings is 1. The summed E-state index contributed by atoms with van der Waals surface area (Å²) < 4.78 is 43.2. The van der Waals surface area contributed by atoms with Gasteiger partial charge in [0.2, 0.25) is 0 Å². The lowest BCUT2D eigenvalue weighted by Crippen LogP contribution is -2.35. The Balaban J connectivity index is 2.67. The van der Waals surface area contributed by atoms with Gasteiger partial charge in [-0.25, -0.2) is 0 Å². The van der Waals surface area contributed by atoms with Crippen LogP contribution in [0.25, 0.3) is 0 Å². The molecule has 2 nitrogen and oxygen atoms in total. The summed E-state index contributed by atoms with van der Waals surface area (Å²) in [7, 11) is 0. The molecule has 0 aliphatic carbocycles. The zero-order valence-corrected chi connectivity index (χ0v) is 8.62. The van der Waals surface area contributed by atoms with E-state index in [2.05, 4.69) is 4.74 Å². The van der Waals surface area contributed by atoms with Crippen molar-refractivity contribution < 1.29 is 22.7 Å². The van der Waals surface area contributed by atoms with E-state index >= 15 is 0 Å². The molecule has 0 saturated heterocycles. The molecule has 88 valence electrons. The molecule has 1 rings (SSSR count). The van der Waals surface area contributed by atoms with Crippen LogP contribution in [0.3, 0.4) is 0 Å². The Hall–Kier alpha value is -1.52. The highest BCUT2D eigenvalue weighted by Crippen LogP contribution is 2.27. The van der Waals surface area contributed by atoms with Gasteiger partial charge in [-0.2, -0.15) is 13.2 Å². The molecule has 1 unspecified atom stereocenters. The minimum atomic E-state index is -3.72. The molecule has 0 saturated carbocycles. The molecule has 5 heteroatoms. The Morgan fingerprint density at radius 1 is 1.38 bits per heavy atom. The number of esters is 1. The molecule has 0 aliphatic heterocycles. The van der Waals surface area contributed by atoms with Crippen LogP contribution in [0.4, 0.5) is 13.2 Å². The third-order valence-electron chi connectivity index (χ3n) is 1.88. The maximum absolute atomic E-state index is 13.2. The van der Waals surface area contributed by atoms with Crippen molar-refractivity contribution in [2.45, 2.75) is 25.6 Å². The van der Waals surface area contributed by atoms with Crippen LogP contribution in [0.1, 0.15) is 12.5 Å². The van der Waals surface area contributed by atoms with Crippen LogP contribution in [0.5, 0.6) is 0 Å². The highest BCUT2D eigenvalue weighted by atomic mass is 19.3. The van der Waals surface area contributed by atoms with E-state index < -0.39 is 24.7 Å². The molecule has 0 aromatic heterocycles. The van der Waals surface area contributed by atoms with E-state index in [9.17, 15) is 18.0 Å². The second kappa shape index (κ2) is 5.01. The van der Waals surface area contributed by atoms with Crippen molar-refractivity contribution in [3.05, 3.63) is 35.9 Å². The van der Waals surface area contributed by atoms with Crippen molar-refractivity contribution in [2.75, 3.05) is 0 Å². The Morgan fingerprint density at radius 3 is 2.44 bits per heavy atom. The van der Waals surface area contributed by atoms with Gasteiger partial charge in [0.25, 0.3) is 0 Å². The Bertz CT molecular complexity index is 352. The molecule has 1 aromatic carbocycles. The van der Waals surface area contributed by atoms with E-state index in [0.717, 1.165) is 6.92 Å². The first-order chi connectivity index (χ1) is 7.42. The van der Waals surface area contributed by atoms with Gasteiger partial charge in [0, 0.05) is 13.3 Å². The summed E-state index contributed by atoms with van der Waals surface area (Å²) in [6.45, 7) is 0.880. The molecule has 0 bridgehead atoms. The number of hydrogen-bond acceptors (Lipinski definition) is 2. The van der Waals surface area contributed by atoms with E-state index in [-0.39, 0.29) is 5.56 Å². The van der Waals surface area contributed by atoms with Crippen LogP contribution in [0.15, 0.2) is 30.3 Å². The third kappa shape index (κ3) is 3.56. The Morgan fingerprint density at radius 2 is 1.94 bits per heavy atom. The predicted molar refractivity (Wildman–Crippen MR) is 51.8 cm³/mol. The van der Waals surface area contributed by atoms with Crippen molar-refractivity contribution >= 4 is 5.97 Å². The monoisotopic (exact) mass is 232 g/mol. The standard InChI is InChI=1S/C11H11F3O2/c1-8(15)16-10(12)11(13,14)7-9-5-3-2-4-6-9/h2-6,10H,7H2,1H3. The lowest BCUT2D eigenvalue weighted by molar-refractivity contribution is -0.201. The molecule has 0 N–H and O–H groups in total. The predicted octanol–water partition coefficient (Wildman–Crippen LogP) is 2.72. The van der Waals surface area contributed by atoms with E-state index in [1.807, 2.05) is 0 Å². The molecular weight excluding hydrogens is 221 g/mol. The summed E-state index contributed by atoms with van der Waals surface area (Å²) in [5.74, 6) is -4.78. The van der Waals surface area contributed by atoms with E-state index in [4.69, 9.17) is 0 Å². The molecule has 0 aliphatic rings. The maximum Gasteiger partial charge on any atom is 0.317 e. The summed E-state index contributed by atoms with van der Waals surface area (Å²) in [6.07, 6.45) is -3.72. The Labute approximate surface area is 91.0 Å². The minimum absolute atomic E-state index is 0.280. The van der Waals surface area contributed by atoms with Crippen molar-refractivity contribution in [3.8, 4) is 0 Å². The third-order valence-corrected chi connectivity index (χ3v) is 1.88. The molecule has 1 atom stereocenters. The summed E-state index contributed by atoms with van der Waals surface area (Å²) in [5.41, 5.74) is 0.280. The van der Waals surface area contributed by atoms with Gasteiger partial charge in [0.15, 0.2) is 0 Å². The highest BCUT2D eigenvalue weighted by Gasteiger charge is 2.42. The lowest BCUT2D eigenvalue weighted by atomic mass is 10.1. The number of carbonyl (C=O) groups excluding carboxylic acids is 1. The molecule has 0 spiro atoms. The smallest absolute Gasteiger partial charge is 0.317 e. The Kier molecular flexibility index (Phi) is 3.93. The van der Waals surface area contributed by atoms with Crippen molar-refractivity contribution in [1.29, 1.82) is 0 Å². The minimum Gasteiger partial charge on any atom is -0.425 e. The molecule has 0 fully saturated rings. The number of alkyl halides is 3. The molecular formula is C11H11F3O2. The van der Waals surface area contributed by atoms with Gasteiger partial charge < -0.3 is 4.74 Å². The SMILES string of the molecule is CC(=O)OC(F)C(F)(F)Cc1ccccc1. The van der Waals surface area contributed by atoms with Crippen LogP contribution in [-0.2, 0) is 16.0 Å². The van der Waals surface area contributed by atoms with E-state index in [0.29, 0.717) is 0 Å². The average molecular weight is 232 g/mol. The van der Waals surface area contributed by atoms with Crippen LogP contribution in [-0.4, -0.2) is 18.2 Å². The van der Waals surface area contributed by atoms with Gasteiger partial charge in [-0.15, -0.1) is 0 Å².